The maximum atomic E-state index is 11.2. The number of hydrogen-bond donors (Lipinski definition) is 1. The highest BCUT2D eigenvalue weighted by atomic mass is 35.5. The van der Waals surface area contributed by atoms with Crippen molar-refractivity contribution in [2.75, 3.05) is 59.2 Å². The molecule has 6 nitrogen and oxygen atoms in total. The van der Waals surface area contributed by atoms with Gasteiger partial charge in [0.15, 0.2) is 0 Å². The molecule has 1 atom stereocenters. The molecule has 0 aliphatic carbocycles. The van der Waals surface area contributed by atoms with Gasteiger partial charge in [-0.2, -0.15) is 0 Å². The maximum absolute atomic E-state index is 11.2. The van der Waals surface area contributed by atoms with Crippen LogP contribution in [-0.2, 0) is 11.3 Å². The highest BCUT2D eigenvalue weighted by Crippen LogP contribution is 2.21. The van der Waals surface area contributed by atoms with E-state index >= 15 is 0 Å². The van der Waals surface area contributed by atoms with Crippen LogP contribution in [0.15, 0.2) is 48.5 Å². The predicted octanol–water partition coefficient (Wildman–Crippen LogP) is 4.24. The van der Waals surface area contributed by atoms with Crippen molar-refractivity contribution in [3.63, 3.8) is 0 Å². The number of benzene rings is 2. The second kappa shape index (κ2) is 12.8. The summed E-state index contributed by atoms with van der Waals surface area (Å²) in [6.07, 6.45) is 5.07. The number of halogens is 1. The van der Waals surface area contributed by atoms with E-state index in [1.807, 2.05) is 12.1 Å². The molecule has 2 aliphatic heterocycles. The summed E-state index contributed by atoms with van der Waals surface area (Å²) in [7, 11) is 0. The second-order valence-electron chi connectivity index (χ2n) is 9.48. The summed E-state index contributed by atoms with van der Waals surface area (Å²) < 4.78 is 17.6. The lowest BCUT2D eigenvalue weighted by Gasteiger charge is -2.30. The number of piperidine rings is 1. The van der Waals surface area contributed by atoms with Crippen LogP contribution in [0, 0.1) is 0 Å². The van der Waals surface area contributed by atoms with Crippen molar-refractivity contribution in [3.8, 4) is 11.5 Å². The fourth-order valence-electron chi connectivity index (χ4n) is 4.62. The van der Waals surface area contributed by atoms with E-state index in [0.29, 0.717) is 23.9 Å². The summed E-state index contributed by atoms with van der Waals surface area (Å²) in [5.74, 6) is 1.59. The molecule has 2 aromatic rings. The minimum atomic E-state index is -1.08. The maximum Gasteiger partial charge on any atom is 0.134 e. The molecular weight excluding hydrogens is 452 g/mol. The third-order valence-electron chi connectivity index (χ3n) is 6.40. The average Bonchev–Trinajstić information content (AvgIpc) is 3.04. The van der Waals surface area contributed by atoms with E-state index in [1.165, 1.54) is 32.4 Å². The van der Waals surface area contributed by atoms with Gasteiger partial charge in [0, 0.05) is 31.2 Å². The Labute approximate surface area is 208 Å². The third kappa shape index (κ3) is 8.14. The summed E-state index contributed by atoms with van der Waals surface area (Å²) in [6, 6.07) is 15.4. The van der Waals surface area contributed by atoms with Crippen LogP contribution in [0.5, 0.6) is 11.5 Å². The molecule has 2 fully saturated rings. The van der Waals surface area contributed by atoms with E-state index in [9.17, 15) is 5.11 Å². The van der Waals surface area contributed by atoms with Gasteiger partial charge in [-0.1, -0.05) is 30.2 Å². The summed E-state index contributed by atoms with van der Waals surface area (Å²) >= 11 is 5.94. The van der Waals surface area contributed by atoms with Gasteiger partial charge in [-0.15, -0.1) is 0 Å². The largest absolute Gasteiger partial charge is 0.494 e. The van der Waals surface area contributed by atoms with E-state index in [2.05, 4.69) is 21.9 Å². The number of aliphatic hydroxyl groups is 1. The predicted molar refractivity (Wildman–Crippen MR) is 135 cm³/mol. The van der Waals surface area contributed by atoms with Crippen LogP contribution in [-0.4, -0.2) is 79.7 Å². The molecule has 0 radical (unpaired) electrons. The number of β-amino-alcohol motifs (C(OH)–C–C–N with tert-alkyl or cyclic N) is 1. The van der Waals surface area contributed by atoms with E-state index < -0.39 is 5.60 Å². The Morgan fingerprint density at radius 2 is 1.76 bits per heavy atom. The van der Waals surface area contributed by atoms with Crippen LogP contribution in [0.4, 0.5) is 0 Å². The van der Waals surface area contributed by atoms with Crippen molar-refractivity contribution in [2.24, 2.45) is 0 Å². The molecule has 0 saturated carbocycles. The molecule has 0 bridgehead atoms. The number of hydrogen-bond acceptors (Lipinski definition) is 6. The van der Waals surface area contributed by atoms with E-state index in [-0.39, 0.29) is 13.2 Å². The van der Waals surface area contributed by atoms with Gasteiger partial charge in [-0.05, 0) is 74.3 Å². The lowest BCUT2D eigenvalue weighted by Crippen LogP contribution is -2.48. The Balaban J connectivity index is 1.25. The zero-order valence-electron chi connectivity index (χ0n) is 20.0. The molecule has 186 valence electrons. The van der Waals surface area contributed by atoms with Crippen LogP contribution in [0.2, 0.25) is 5.02 Å². The Morgan fingerprint density at radius 1 is 0.941 bits per heavy atom. The van der Waals surface area contributed by atoms with Gasteiger partial charge < -0.3 is 24.2 Å². The number of rotatable bonds is 10. The van der Waals surface area contributed by atoms with Gasteiger partial charge in [0.1, 0.15) is 23.7 Å². The van der Waals surface area contributed by atoms with Crippen LogP contribution < -0.4 is 9.47 Å². The molecule has 0 unspecified atom stereocenters. The van der Waals surface area contributed by atoms with Gasteiger partial charge >= 0.3 is 0 Å². The first-order valence-corrected chi connectivity index (χ1v) is 12.8. The quantitative estimate of drug-likeness (QED) is 0.505. The molecule has 2 aliphatic rings. The van der Waals surface area contributed by atoms with Crippen molar-refractivity contribution in [1.82, 2.24) is 9.80 Å². The van der Waals surface area contributed by atoms with Crippen LogP contribution >= 0.6 is 11.6 Å². The van der Waals surface area contributed by atoms with Crippen molar-refractivity contribution in [3.05, 3.63) is 59.1 Å². The lowest BCUT2D eigenvalue weighted by atomic mass is 10.1. The monoisotopic (exact) mass is 488 g/mol. The molecule has 2 saturated heterocycles. The zero-order valence-corrected chi connectivity index (χ0v) is 20.7. The Bertz CT molecular complexity index is 875. The van der Waals surface area contributed by atoms with Crippen molar-refractivity contribution in [1.29, 1.82) is 0 Å². The van der Waals surface area contributed by atoms with Crippen molar-refractivity contribution >= 4 is 11.6 Å². The fraction of sp³-hybridized carbons (Fsp3) is 0.556. The topological polar surface area (TPSA) is 54.4 Å². The molecule has 2 aromatic carbocycles. The molecule has 2 heterocycles. The first kappa shape index (κ1) is 25.3. The number of ether oxygens (including phenoxy) is 3. The third-order valence-corrected chi connectivity index (χ3v) is 6.65. The Hall–Kier alpha value is -1.83. The van der Waals surface area contributed by atoms with Crippen LogP contribution in [0.25, 0.3) is 0 Å². The van der Waals surface area contributed by atoms with Crippen LogP contribution in [0.1, 0.15) is 31.2 Å². The highest BCUT2D eigenvalue weighted by Gasteiger charge is 2.33. The molecule has 4 rings (SSSR count). The molecule has 0 spiro atoms. The lowest BCUT2D eigenvalue weighted by molar-refractivity contribution is -0.0646. The summed E-state index contributed by atoms with van der Waals surface area (Å²) in [5, 5.41) is 11.8. The van der Waals surface area contributed by atoms with E-state index in [0.717, 1.165) is 44.0 Å². The summed E-state index contributed by atoms with van der Waals surface area (Å²) in [5.41, 5.74) is 0.0787. The fourth-order valence-corrected chi connectivity index (χ4v) is 4.75. The highest BCUT2D eigenvalue weighted by molar-refractivity contribution is 6.30. The molecule has 1 N–H and O–H groups in total. The molecule has 7 heteroatoms. The second-order valence-corrected chi connectivity index (χ2v) is 9.92. The van der Waals surface area contributed by atoms with Crippen molar-refractivity contribution < 1.29 is 19.3 Å². The van der Waals surface area contributed by atoms with Gasteiger partial charge in [0.25, 0.3) is 0 Å². The average molecular weight is 489 g/mol. The molecular formula is C27H37ClN2O4. The van der Waals surface area contributed by atoms with Crippen molar-refractivity contribution in [2.45, 2.75) is 37.8 Å². The number of likely N-dealkylation sites (tertiary alicyclic amines) is 1. The van der Waals surface area contributed by atoms with Gasteiger partial charge in [-0.25, -0.2) is 0 Å². The Kier molecular flexibility index (Phi) is 9.48. The van der Waals surface area contributed by atoms with Gasteiger partial charge in [-0.3, -0.25) is 4.90 Å². The zero-order chi connectivity index (χ0) is 23.6. The first-order chi connectivity index (χ1) is 16.6. The van der Waals surface area contributed by atoms with E-state index in [1.54, 1.807) is 24.3 Å². The van der Waals surface area contributed by atoms with Gasteiger partial charge in [0.05, 0.1) is 19.8 Å². The SMILES string of the molecule is O[C@@]1(COc2ccc(Cl)cc2)COCCN(Cc2cccc(OCCCN3CCCCC3)c2)C1. The summed E-state index contributed by atoms with van der Waals surface area (Å²) in [4.78, 5) is 4.76. The molecule has 0 aromatic heterocycles. The minimum Gasteiger partial charge on any atom is -0.494 e. The molecule has 34 heavy (non-hydrogen) atoms. The smallest absolute Gasteiger partial charge is 0.134 e. The van der Waals surface area contributed by atoms with Crippen LogP contribution in [0.3, 0.4) is 0 Å². The summed E-state index contributed by atoms with van der Waals surface area (Å²) in [6.45, 7) is 7.24. The molecule has 0 amide bonds. The number of nitrogens with zero attached hydrogens (tertiary/aromatic N) is 2. The first-order valence-electron chi connectivity index (χ1n) is 12.4. The Morgan fingerprint density at radius 3 is 2.59 bits per heavy atom. The van der Waals surface area contributed by atoms with E-state index in [4.69, 9.17) is 25.8 Å². The van der Waals surface area contributed by atoms with Gasteiger partial charge in [0.2, 0.25) is 0 Å². The standard InChI is InChI=1S/C27H37ClN2O4/c28-24-8-10-25(11-9-24)34-22-27(31)20-30(15-17-32-21-27)19-23-6-4-7-26(18-23)33-16-5-14-29-12-2-1-3-13-29/h4,6-11,18,31H,1-3,5,12-17,19-22H2/t27-/m1/s1. The normalized spacial score (nSPS) is 22.3. The minimum absolute atomic E-state index is 0.158.